The Morgan fingerprint density at radius 3 is 2.62 bits per heavy atom. The Labute approximate surface area is 148 Å². The predicted molar refractivity (Wildman–Crippen MR) is 96.5 cm³/mol. The number of likely N-dealkylation sites (N-methyl/N-ethyl adjacent to an activating group) is 1. The van der Waals surface area contributed by atoms with Crippen LogP contribution in [0.25, 0.3) is 0 Å². The summed E-state index contributed by atoms with van der Waals surface area (Å²) >= 11 is 5.89. The van der Waals surface area contributed by atoms with Gasteiger partial charge in [-0.05, 0) is 36.8 Å². The van der Waals surface area contributed by atoms with E-state index in [2.05, 4.69) is 5.32 Å². The number of carbonyl (C=O) groups excluding carboxylic acids is 1. The van der Waals surface area contributed by atoms with Crippen molar-refractivity contribution < 1.29 is 14.4 Å². The first-order valence-corrected chi connectivity index (χ1v) is 8.35. The summed E-state index contributed by atoms with van der Waals surface area (Å²) in [5.74, 6) is 0.860. The molecule has 0 spiro atoms. The number of amides is 1. The van der Waals surface area contributed by atoms with Gasteiger partial charge in [-0.1, -0.05) is 35.9 Å². The van der Waals surface area contributed by atoms with E-state index in [1.807, 2.05) is 62.5 Å². The number of halogens is 1. The van der Waals surface area contributed by atoms with Gasteiger partial charge in [0.25, 0.3) is 5.91 Å². The van der Waals surface area contributed by atoms with Crippen LogP contribution < -0.4 is 15.0 Å². The van der Waals surface area contributed by atoms with E-state index in [4.69, 9.17) is 16.3 Å². The van der Waals surface area contributed by atoms with Gasteiger partial charge in [0, 0.05) is 10.6 Å². The molecule has 0 aliphatic rings. The minimum atomic E-state index is -0.0422. The van der Waals surface area contributed by atoms with Gasteiger partial charge in [0.05, 0.1) is 20.2 Å². The van der Waals surface area contributed by atoms with E-state index < -0.39 is 0 Å². The molecule has 2 atom stereocenters. The number of carbonyl (C=O) groups is 1. The van der Waals surface area contributed by atoms with Gasteiger partial charge in [0.2, 0.25) is 0 Å². The predicted octanol–water partition coefficient (Wildman–Crippen LogP) is 2.24. The van der Waals surface area contributed by atoms with Crippen molar-refractivity contribution in [3.8, 4) is 5.75 Å². The van der Waals surface area contributed by atoms with Crippen molar-refractivity contribution in [3.05, 3.63) is 64.7 Å². The first-order valence-electron chi connectivity index (χ1n) is 7.97. The molecule has 0 heterocycles. The molecule has 0 saturated heterocycles. The average molecular weight is 348 g/mol. The molecule has 0 aliphatic heterocycles. The van der Waals surface area contributed by atoms with E-state index in [1.54, 1.807) is 7.11 Å². The highest BCUT2D eigenvalue weighted by atomic mass is 35.5. The maximum atomic E-state index is 12.2. The molecular weight excluding hydrogens is 324 g/mol. The Hall–Kier alpha value is -2.04. The van der Waals surface area contributed by atoms with Crippen molar-refractivity contribution in [1.82, 2.24) is 5.32 Å². The molecule has 128 valence electrons. The lowest BCUT2D eigenvalue weighted by Gasteiger charge is -2.18. The molecule has 0 saturated carbocycles. The zero-order valence-corrected chi connectivity index (χ0v) is 15.1. The Morgan fingerprint density at radius 1 is 1.25 bits per heavy atom. The molecule has 0 bridgehead atoms. The van der Waals surface area contributed by atoms with Crippen molar-refractivity contribution in [2.24, 2.45) is 0 Å². The highest BCUT2D eigenvalue weighted by Gasteiger charge is 2.14. The summed E-state index contributed by atoms with van der Waals surface area (Å²) in [6.07, 6.45) is 0. The highest BCUT2D eigenvalue weighted by molar-refractivity contribution is 6.30. The van der Waals surface area contributed by atoms with Crippen LogP contribution in [0, 0.1) is 0 Å². The molecule has 4 nitrogen and oxygen atoms in total. The summed E-state index contributed by atoms with van der Waals surface area (Å²) < 4.78 is 5.23. The van der Waals surface area contributed by atoms with E-state index in [0.29, 0.717) is 11.6 Å². The van der Waals surface area contributed by atoms with Crippen molar-refractivity contribution in [3.63, 3.8) is 0 Å². The molecule has 2 aromatic rings. The van der Waals surface area contributed by atoms with E-state index >= 15 is 0 Å². The normalized spacial score (nSPS) is 13.2. The maximum absolute atomic E-state index is 12.2. The summed E-state index contributed by atoms with van der Waals surface area (Å²) in [6, 6.07) is 15.4. The lowest BCUT2D eigenvalue weighted by molar-refractivity contribution is -0.885. The third-order valence-corrected chi connectivity index (χ3v) is 4.10. The van der Waals surface area contributed by atoms with Gasteiger partial charge in [0.15, 0.2) is 6.54 Å². The summed E-state index contributed by atoms with van der Waals surface area (Å²) in [5, 5.41) is 3.72. The topological polar surface area (TPSA) is 42.8 Å². The lowest BCUT2D eigenvalue weighted by Crippen LogP contribution is -3.08. The third kappa shape index (κ3) is 5.55. The first kappa shape index (κ1) is 18.3. The largest absolute Gasteiger partial charge is 0.497 e. The molecule has 0 aromatic heterocycles. The monoisotopic (exact) mass is 347 g/mol. The first-order chi connectivity index (χ1) is 11.5. The fourth-order valence-corrected chi connectivity index (χ4v) is 2.72. The Morgan fingerprint density at radius 2 is 1.96 bits per heavy atom. The Balaban J connectivity index is 1.85. The highest BCUT2D eigenvalue weighted by Crippen LogP contribution is 2.15. The summed E-state index contributed by atoms with van der Waals surface area (Å²) in [5.41, 5.74) is 2.18. The Kier molecular flexibility index (Phi) is 6.64. The molecule has 1 unspecified atom stereocenters. The molecule has 24 heavy (non-hydrogen) atoms. The second-order valence-electron chi connectivity index (χ2n) is 6.00. The zero-order valence-electron chi connectivity index (χ0n) is 14.3. The van der Waals surface area contributed by atoms with Gasteiger partial charge in [0.1, 0.15) is 12.3 Å². The van der Waals surface area contributed by atoms with Crippen LogP contribution >= 0.6 is 11.6 Å². The number of hydrogen-bond donors (Lipinski definition) is 2. The standard InChI is InChI=1S/C19H23ClN2O2/c1-14(16-7-9-17(20)10-8-16)21-19(23)13-22(2)12-15-5-4-6-18(11-15)24-3/h4-11,14H,12-13H2,1-3H3,(H,21,23)/p+1/t14-/m1/s1. The van der Waals surface area contributed by atoms with Gasteiger partial charge in [-0.2, -0.15) is 0 Å². The van der Waals surface area contributed by atoms with Crippen LogP contribution in [0.4, 0.5) is 0 Å². The smallest absolute Gasteiger partial charge is 0.275 e. The van der Waals surface area contributed by atoms with E-state index in [9.17, 15) is 4.79 Å². The van der Waals surface area contributed by atoms with Crippen LogP contribution in [0.15, 0.2) is 48.5 Å². The summed E-state index contributed by atoms with van der Waals surface area (Å²) in [6.45, 7) is 3.15. The number of hydrogen-bond acceptors (Lipinski definition) is 2. The van der Waals surface area contributed by atoms with Gasteiger partial charge in [-0.15, -0.1) is 0 Å². The van der Waals surface area contributed by atoms with Gasteiger partial charge in [-0.3, -0.25) is 4.79 Å². The van der Waals surface area contributed by atoms with E-state index in [0.717, 1.165) is 28.3 Å². The van der Waals surface area contributed by atoms with E-state index in [-0.39, 0.29) is 11.9 Å². The SMILES string of the molecule is COc1cccc(C[NH+](C)CC(=O)N[C@H](C)c2ccc(Cl)cc2)c1. The minimum Gasteiger partial charge on any atom is -0.497 e. The fourth-order valence-electron chi connectivity index (χ4n) is 2.59. The molecular formula is C19H24ClN2O2+. The molecule has 0 radical (unpaired) electrons. The second kappa shape index (κ2) is 8.71. The number of ether oxygens (including phenoxy) is 1. The van der Waals surface area contributed by atoms with Crippen molar-refractivity contribution in [1.29, 1.82) is 0 Å². The minimum absolute atomic E-state index is 0.0258. The molecule has 2 rings (SSSR count). The van der Waals surface area contributed by atoms with Crippen molar-refractivity contribution >= 4 is 17.5 Å². The van der Waals surface area contributed by atoms with Crippen LogP contribution in [0.2, 0.25) is 5.02 Å². The number of nitrogens with one attached hydrogen (secondary N) is 2. The molecule has 0 fully saturated rings. The molecule has 0 aliphatic carbocycles. The van der Waals surface area contributed by atoms with E-state index in [1.165, 1.54) is 0 Å². The van der Waals surface area contributed by atoms with Crippen LogP contribution in [0.5, 0.6) is 5.75 Å². The lowest BCUT2D eigenvalue weighted by atomic mass is 10.1. The number of rotatable bonds is 7. The van der Waals surface area contributed by atoms with Crippen LogP contribution in [-0.2, 0) is 11.3 Å². The number of methoxy groups -OCH3 is 1. The van der Waals surface area contributed by atoms with Crippen LogP contribution in [-0.4, -0.2) is 26.6 Å². The maximum Gasteiger partial charge on any atom is 0.275 e. The quantitative estimate of drug-likeness (QED) is 0.806. The fraction of sp³-hybridized carbons (Fsp3) is 0.316. The second-order valence-corrected chi connectivity index (χ2v) is 6.44. The summed E-state index contributed by atoms with van der Waals surface area (Å²) in [7, 11) is 3.66. The zero-order chi connectivity index (χ0) is 17.5. The van der Waals surface area contributed by atoms with Crippen LogP contribution in [0.3, 0.4) is 0 Å². The summed E-state index contributed by atoms with van der Waals surface area (Å²) in [4.78, 5) is 13.3. The van der Waals surface area contributed by atoms with Crippen molar-refractivity contribution in [2.45, 2.75) is 19.5 Å². The van der Waals surface area contributed by atoms with Crippen molar-refractivity contribution in [2.75, 3.05) is 20.7 Å². The third-order valence-electron chi connectivity index (χ3n) is 3.85. The number of benzene rings is 2. The molecule has 1 amide bonds. The van der Waals surface area contributed by atoms with Gasteiger partial charge < -0.3 is 15.0 Å². The van der Waals surface area contributed by atoms with Gasteiger partial charge in [-0.25, -0.2) is 0 Å². The van der Waals surface area contributed by atoms with Crippen LogP contribution in [0.1, 0.15) is 24.1 Å². The molecule has 5 heteroatoms. The number of quaternary nitrogens is 1. The molecule has 2 N–H and O–H groups in total. The Bertz CT molecular complexity index is 673. The van der Waals surface area contributed by atoms with Gasteiger partial charge >= 0.3 is 0 Å². The average Bonchev–Trinajstić information content (AvgIpc) is 2.55. The molecule has 2 aromatic carbocycles.